The molecule has 1 fully saturated rings. The van der Waals surface area contributed by atoms with Crippen molar-refractivity contribution in [1.82, 2.24) is 10.2 Å². The highest BCUT2D eigenvalue weighted by Crippen LogP contribution is 2.28. The van der Waals surface area contributed by atoms with Crippen molar-refractivity contribution in [2.45, 2.75) is 26.4 Å². The zero-order valence-corrected chi connectivity index (χ0v) is 11.0. The minimum Gasteiger partial charge on any atom is -0.392 e. The second kappa shape index (κ2) is 6.33. The van der Waals surface area contributed by atoms with Crippen molar-refractivity contribution < 1.29 is 14.6 Å². The molecule has 0 spiro atoms. The Morgan fingerprint density at radius 1 is 1.59 bits per heavy atom. The Kier molecular flexibility index (Phi) is 5.36. The van der Waals surface area contributed by atoms with Gasteiger partial charge in [0.05, 0.1) is 19.3 Å². The minimum absolute atomic E-state index is 0.0982. The van der Waals surface area contributed by atoms with Gasteiger partial charge in [0.2, 0.25) is 5.91 Å². The van der Waals surface area contributed by atoms with Gasteiger partial charge in [-0.15, -0.1) is 0 Å². The highest BCUT2D eigenvalue weighted by atomic mass is 16.5. The average Bonchev–Trinajstić information content (AvgIpc) is 2.28. The van der Waals surface area contributed by atoms with Crippen molar-refractivity contribution in [1.29, 1.82) is 0 Å². The van der Waals surface area contributed by atoms with E-state index in [1.807, 2.05) is 18.7 Å². The molecule has 1 aliphatic heterocycles. The Hall–Kier alpha value is -0.650. The van der Waals surface area contributed by atoms with E-state index in [0.29, 0.717) is 39.2 Å². The summed E-state index contributed by atoms with van der Waals surface area (Å²) in [6, 6.07) is 0. The van der Waals surface area contributed by atoms with Crippen LogP contribution in [0.5, 0.6) is 0 Å². The largest absolute Gasteiger partial charge is 0.392 e. The number of ether oxygens (including phenoxy) is 1. The predicted molar refractivity (Wildman–Crippen MR) is 65.7 cm³/mol. The van der Waals surface area contributed by atoms with Crippen LogP contribution >= 0.6 is 0 Å². The highest BCUT2D eigenvalue weighted by Gasteiger charge is 2.36. The predicted octanol–water partition coefficient (Wildman–Crippen LogP) is -0.158. The van der Waals surface area contributed by atoms with Crippen LogP contribution < -0.4 is 5.32 Å². The number of likely N-dealkylation sites (tertiary alicyclic amines) is 1. The molecule has 100 valence electrons. The molecule has 1 saturated heterocycles. The van der Waals surface area contributed by atoms with Gasteiger partial charge in [0, 0.05) is 32.2 Å². The maximum atomic E-state index is 11.9. The molecule has 17 heavy (non-hydrogen) atoms. The lowest BCUT2D eigenvalue weighted by Gasteiger charge is -2.41. The molecule has 2 N–H and O–H groups in total. The van der Waals surface area contributed by atoms with Crippen molar-refractivity contribution in [3.05, 3.63) is 0 Å². The molecular weight excluding hydrogens is 220 g/mol. The molecule has 1 atom stereocenters. The number of nitrogens with zero attached hydrogens (tertiary/aromatic N) is 1. The number of hydrogen-bond donors (Lipinski definition) is 2. The van der Waals surface area contributed by atoms with Crippen molar-refractivity contribution in [2.24, 2.45) is 5.41 Å². The Bertz CT molecular complexity index is 256. The number of aliphatic hydroxyl groups is 1. The Morgan fingerprint density at radius 2 is 2.29 bits per heavy atom. The number of rotatable bonds is 5. The van der Waals surface area contributed by atoms with E-state index in [-0.39, 0.29) is 17.4 Å². The highest BCUT2D eigenvalue weighted by molar-refractivity contribution is 5.78. The zero-order valence-electron chi connectivity index (χ0n) is 11.0. The Labute approximate surface area is 103 Å². The Balaban J connectivity index is 2.33. The third-order valence-electron chi connectivity index (χ3n) is 3.28. The van der Waals surface area contributed by atoms with Crippen LogP contribution in [0.1, 0.15) is 20.3 Å². The summed E-state index contributed by atoms with van der Waals surface area (Å²) < 4.78 is 4.90. The lowest BCUT2D eigenvalue weighted by atomic mass is 9.81. The molecule has 0 aliphatic carbocycles. The number of carbonyl (C=O) groups excluding carboxylic acids is 1. The van der Waals surface area contributed by atoms with Crippen LogP contribution in [0.4, 0.5) is 0 Å². The molecule has 0 bridgehead atoms. The number of carbonyl (C=O) groups is 1. The van der Waals surface area contributed by atoms with Crippen molar-refractivity contribution in [2.75, 3.05) is 39.9 Å². The Morgan fingerprint density at radius 3 is 2.88 bits per heavy atom. The standard InChI is InChI=1S/C12H24N2O3/c1-12(2)9-14(6-4-10(12)15)11(16)8-13-5-7-17-3/h10,13,15H,4-9H2,1-3H3. The van der Waals surface area contributed by atoms with E-state index in [0.717, 1.165) is 0 Å². The first-order chi connectivity index (χ1) is 7.97. The number of piperidine rings is 1. The number of hydrogen-bond acceptors (Lipinski definition) is 4. The van der Waals surface area contributed by atoms with E-state index in [9.17, 15) is 9.90 Å². The molecule has 0 aromatic heterocycles. The molecule has 1 aliphatic rings. The summed E-state index contributed by atoms with van der Waals surface area (Å²) >= 11 is 0. The smallest absolute Gasteiger partial charge is 0.236 e. The number of aliphatic hydroxyl groups excluding tert-OH is 1. The minimum atomic E-state index is -0.312. The van der Waals surface area contributed by atoms with E-state index in [1.54, 1.807) is 7.11 Å². The summed E-state index contributed by atoms with van der Waals surface area (Å²) in [4.78, 5) is 13.7. The average molecular weight is 244 g/mol. The van der Waals surface area contributed by atoms with Gasteiger partial charge in [-0.1, -0.05) is 13.8 Å². The van der Waals surface area contributed by atoms with Crippen LogP contribution in [0.15, 0.2) is 0 Å². The second-order valence-electron chi connectivity index (χ2n) is 5.28. The first kappa shape index (κ1) is 14.4. The van der Waals surface area contributed by atoms with Gasteiger partial charge < -0.3 is 20.1 Å². The van der Waals surface area contributed by atoms with Crippen LogP contribution in [-0.4, -0.2) is 61.9 Å². The van der Waals surface area contributed by atoms with Crippen LogP contribution in [0, 0.1) is 5.41 Å². The SMILES string of the molecule is COCCNCC(=O)N1CCC(O)C(C)(C)C1. The molecule has 5 nitrogen and oxygen atoms in total. The monoisotopic (exact) mass is 244 g/mol. The first-order valence-corrected chi connectivity index (χ1v) is 6.13. The molecule has 1 amide bonds. The van der Waals surface area contributed by atoms with Crippen LogP contribution in [0.25, 0.3) is 0 Å². The van der Waals surface area contributed by atoms with Crippen LogP contribution in [0.2, 0.25) is 0 Å². The molecule has 5 heteroatoms. The van der Waals surface area contributed by atoms with Crippen LogP contribution in [0.3, 0.4) is 0 Å². The number of nitrogens with one attached hydrogen (secondary N) is 1. The molecule has 0 aromatic rings. The fraction of sp³-hybridized carbons (Fsp3) is 0.917. The number of methoxy groups -OCH3 is 1. The van der Waals surface area contributed by atoms with E-state index in [2.05, 4.69) is 5.32 Å². The van der Waals surface area contributed by atoms with Gasteiger partial charge in [0.1, 0.15) is 0 Å². The molecule has 0 aromatic carbocycles. The quantitative estimate of drug-likeness (QED) is 0.660. The molecule has 1 rings (SSSR count). The first-order valence-electron chi connectivity index (χ1n) is 6.13. The fourth-order valence-electron chi connectivity index (χ4n) is 2.04. The van der Waals surface area contributed by atoms with Gasteiger partial charge in [0.15, 0.2) is 0 Å². The summed E-state index contributed by atoms with van der Waals surface area (Å²) in [5.74, 6) is 0.0982. The third kappa shape index (κ3) is 4.26. The summed E-state index contributed by atoms with van der Waals surface area (Å²) in [5, 5.41) is 12.9. The van der Waals surface area contributed by atoms with Gasteiger partial charge in [0.25, 0.3) is 0 Å². The van der Waals surface area contributed by atoms with E-state index < -0.39 is 0 Å². The molecule has 1 unspecified atom stereocenters. The zero-order chi connectivity index (χ0) is 12.9. The van der Waals surface area contributed by atoms with Gasteiger partial charge in [-0.25, -0.2) is 0 Å². The fourth-order valence-corrected chi connectivity index (χ4v) is 2.04. The van der Waals surface area contributed by atoms with Gasteiger partial charge in [-0.05, 0) is 6.42 Å². The third-order valence-corrected chi connectivity index (χ3v) is 3.28. The van der Waals surface area contributed by atoms with E-state index in [1.165, 1.54) is 0 Å². The van der Waals surface area contributed by atoms with Gasteiger partial charge >= 0.3 is 0 Å². The molecule has 1 heterocycles. The summed E-state index contributed by atoms with van der Waals surface area (Å²) in [6.07, 6.45) is 0.351. The second-order valence-corrected chi connectivity index (χ2v) is 5.28. The lowest BCUT2D eigenvalue weighted by Crippen LogP contribution is -2.52. The van der Waals surface area contributed by atoms with E-state index in [4.69, 9.17) is 4.74 Å². The van der Waals surface area contributed by atoms with E-state index >= 15 is 0 Å². The topological polar surface area (TPSA) is 61.8 Å². The number of amides is 1. The summed E-state index contributed by atoms with van der Waals surface area (Å²) in [5.41, 5.74) is -0.208. The molecule has 0 saturated carbocycles. The summed E-state index contributed by atoms with van der Waals surface area (Å²) in [6.45, 7) is 6.90. The maximum Gasteiger partial charge on any atom is 0.236 e. The van der Waals surface area contributed by atoms with Gasteiger partial charge in [-0.2, -0.15) is 0 Å². The lowest BCUT2D eigenvalue weighted by molar-refractivity contribution is -0.136. The van der Waals surface area contributed by atoms with Crippen LogP contribution in [-0.2, 0) is 9.53 Å². The van der Waals surface area contributed by atoms with Crippen molar-refractivity contribution >= 4 is 5.91 Å². The normalized spacial score (nSPS) is 23.8. The maximum absolute atomic E-state index is 11.9. The molecular formula is C12H24N2O3. The van der Waals surface area contributed by atoms with Crippen molar-refractivity contribution in [3.63, 3.8) is 0 Å². The van der Waals surface area contributed by atoms with Gasteiger partial charge in [-0.3, -0.25) is 4.79 Å². The summed E-state index contributed by atoms with van der Waals surface area (Å²) in [7, 11) is 1.64. The van der Waals surface area contributed by atoms with Crippen molar-refractivity contribution in [3.8, 4) is 0 Å². The molecule has 0 radical (unpaired) electrons.